The molecule has 2 aromatic carbocycles. The number of nitrogens with one attached hydrogen (secondary N) is 3. The van der Waals surface area contributed by atoms with Gasteiger partial charge in [-0.15, -0.1) is 0 Å². The quantitative estimate of drug-likeness (QED) is 0.172. The largest absolute Gasteiger partial charge is 0.494 e. The fraction of sp³-hybridized carbons (Fsp3) is 0.441. The van der Waals surface area contributed by atoms with Gasteiger partial charge in [-0.05, 0) is 72.6 Å². The molecule has 12 heteroatoms. The zero-order valence-electron chi connectivity index (χ0n) is 27.4. The summed E-state index contributed by atoms with van der Waals surface area (Å²) < 4.78 is 20.1. The van der Waals surface area contributed by atoms with Crippen LogP contribution in [0.25, 0.3) is 10.9 Å². The molecule has 2 aliphatic rings. The third-order valence-corrected chi connectivity index (χ3v) is 11.2. The van der Waals surface area contributed by atoms with Crippen molar-refractivity contribution in [3.05, 3.63) is 58.3 Å². The van der Waals surface area contributed by atoms with Gasteiger partial charge in [0.15, 0.2) is 0 Å². The SMILES string of the molecule is CCc1cc(Nc2ncc(Br)c(Nc3cnc4c(C)cccc4c3P(C)(C)=O)n2)c(OC)cc1N1CCC(N2CCNCC2)CC1. The molecule has 0 saturated carbocycles. The van der Waals surface area contributed by atoms with E-state index >= 15 is 0 Å². The molecule has 0 aliphatic carbocycles. The van der Waals surface area contributed by atoms with Crippen LogP contribution in [0.15, 0.2) is 47.2 Å². The first-order valence-corrected chi connectivity index (χ1v) is 19.5. The van der Waals surface area contributed by atoms with Crippen molar-refractivity contribution in [3.63, 3.8) is 0 Å². The lowest BCUT2D eigenvalue weighted by molar-refractivity contribution is 0.150. The highest BCUT2D eigenvalue weighted by molar-refractivity contribution is 9.10. The van der Waals surface area contributed by atoms with Crippen molar-refractivity contribution in [2.24, 2.45) is 0 Å². The number of para-hydroxylation sites is 1. The molecule has 2 aliphatic heterocycles. The number of ether oxygens (including phenoxy) is 1. The summed E-state index contributed by atoms with van der Waals surface area (Å²) in [6.07, 6.45) is 6.69. The summed E-state index contributed by atoms with van der Waals surface area (Å²) in [6.45, 7) is 14.3. The molecule has 0 radical (unpaired) electrons. The molecular formula is C34H44BrN8O2P. The summed E-state index contributed by atoms with van der Waals surface area (Å²) in [5.74, 6) is 1.70. The fourth-order valence-corrected chi connectivity index (χ4v) is 8.51. The topological polar surface area (TPSA) is 108 Å². The maximum atomic E-state index is 13.6. The minimum Gasteiger partial charge on any atom is -0.494 e. The van der Waals surface area contributed by atoms with E-state index in [0.29, 0.717) is 28.0 Å². The number of aryl methyl sites for hydroxylation is 2. The van der Waals surface area contributed by atoms with Crippen molar-refractivity contribution >= 4 is 68.1 Å². The molecule has 6 rings (SSSR count). The molecule has 3 N–H and O–H groups in total. The van der Waals surface area contributed by atoms with Gasteiger partial charge >= 0.3 is 0 Å². The number of piperazine rings is 1. The summed E-state index contributed by atoms with van der Waals surface area (Å²) in [4.78, 5) is 19.2. The first-order chi connectivity index (χ1) is 22.2. The average Bonchev–Trinajstić information content (AvgIpc) is 3.06. The third kappa shape index (κ3) is 6.88. The van der Waals surface area contributed by atoms with Crippen LogP contribution >= 0.6 is 23.1 Å². The molecule has 4 heterocycles. The van der Waals surface area contributed by atoms with E-state index in [2.05, 4.69) is 65.7 Å². The number of piperidine rings is 1. The smallest absolute Gasteiger partial charge is 0.229 e. The number of aromatic nitrogens is 3. The van der Waals surface area contributed by atoms with Crippen molar-refractivity contribution in [3.8, 4) is 5.75 Å². The second kappa shape index (κ2) is 13.9. The van der Waals surface area contributed by atoms with Gasteiger partial charge in [0.05, 0.1) is 34.7 Å². The number of hydrogen-bond acceptors (Lipinski definition) is 10. The summed E-state index contributed by atoms with van der Waals surface area (Å²) in [5.41, 5.74) is 5.85. The molecule has 46 heavy (non-hydrogen) atoms. The number of rotatable bonds is 9. The molecule has 0 amide bonds. The van der Waals surface area contributed by atoms with Crippen LogP contribution in [-0.2, 0) is 11.0 Å². The molecule has 0 unspecified atom stereocenters. The van der Waals surface area contributed by atoms with E-state index in [4.69, 9.17) is 14.7 Å². The number of anilines is 5. The minimum atomic E-state index is -2.69. The van der Waals surface area contributed by atoms with Crippen LogP contribution in [0.5, 0.6) is 5.75 Å². The van der Waals surface area contributed by atoms with E-state index < -0.39 is 7.14 Å². The Bertz CT molecular complexity index is 1770. The molecule has 4 aromatic rings. The molecule has 2 aromatic heterocycles. The van der Waals surface area contributed by atoms with E-state index in [1.807, 2.05) is 25.1 Å². The lowest BCUT2D eigenvalue weighted by atomic mass is 9.99. The first-order valence-electron chi connectivity index (χ1n) is 16.1. The van der Waals surface area contributed by atoms with Crippen LogP contribution in [0, 0.1) is 6.92 Å². The Kier molecular flexibility index (Phi) is 9.85. The molecule has 10 nitrogen and oxygen atoms in total. The van der Waals surface area contributed by atoms with Gasteiger partial charge in [-0.2, -0.15) is 4.98 Å². The van der Waals surface area contributed by atoms with Crippen LogP contribution in [0.1, 0.15) is 30.9 Å². The Morgan fingerprint density at radius 2 is 1.80 bits per heavy atom. The van der Waals surface area contributed by atoms with E-state index in [0.717, 1.165) is 78.9 Å². The number of benzene rings is 2. The van der Waals surface area contributed by atoms with Crippen LogP contribution in [0.3, 0.4) is 0 Å². The molecule has 0 atom stereocenters. The maximum Gasteiger partial charge on any atom is 0.229 e. The second-order valence-electron chi connectivity index (χ2n) is 12.5. The summed E-state index contributed by atoms with van der Waals surface area (Å²) in [7, 11) is -0.989. The van der Waals surface area contributed by atoms with E-state index in [1.54, 1.807) is 32.8 Å². The second-order valence-corrected chi connectivity index (χ2v) is 16.5. The van der Waals surface area contributed by atoms with E-state index in [-0.39, 0.29) is 0 Å². The van der Waals surface area contributed by atoms with Gasteiger partial charge in [-0.25, -0.2) is 4.98 Å². The zero-order valence-corrected chi connectivity index (χ0v) is 29.8. The van der Waals surface area contributed by atoms with Crippen molar-refractivity contribution in [1.82, 2.24) is 25.2 Å². The van der Waals surface area contributed by atoms with Crippen molar-refractivity contribution in [2.45, 2.75) is 39.2 Å². The lowest BCUT2D eigenvalue weighted by Crippen LogP contribution is -2.52. The first kappa shape index (κ1) is 32.7. The fourth-order valence-electron chi connectivity index (χ4n) is 6.77. The normalized spacial score (nSPS) is 16.5. The van der Waals surface area contributed by atoms with Crippen molar-refractivity contribution in [1.29, 1.82) is 0 Å². The Balaban J connectivity index is 1.25. The van der Waals surface area contributed by atoms with Gasteiger partial charge in [-0.3, -0.25) is 9.88 Å². The van der Waals surface area contributed by atoms with E-state index in [1.165, 1.54) is 24.1 Å². The number of nitrogens with zero attached hydrogens (tertiary/aromatic N) is 5. The van der Waals surface area contributed by atoms with Gasteiger partial charge in [0.2, 0.25) is 5.95 Å². The van der Waals surface area contributed by atoms with Crippen molar-refractivity contribution in [2.75, 3.05) is 75.2 Å². The number of pyridine rings is 1. The zero-order chi connectivity index (χ0) is 32.4. The molecule has 244 valence electrons. The minimum absolute atomic E-state index is 0.415. The highest BCUT2D eigenvalue weighted by Gasteiger charge is 2.27. The Morgan fingerprint density at radius 1 is 1.04 bits per heavy atom. The molecule has 0 bridgehead atoms. The monoisotopic (exact) mass is 706 g/mol. The van der Waals surface area contributed by atoms with Crippen LogP contribution in [0.2, 0.25) is 0 Å². The Labute approximate surface area is 280 Å². The van der Waals surface area contributed by atoms with Crippen LogP contribution in [0.4, 0.5) is 28.8 Å². The molecule has 2 fully saturated rings. The predicted molar refractivity (Wildman–Crippen MR) is 194 cm³/mol. The average molecular weight is 708 g/mol. The predicted octanol–water partition coefficient (Wildman–Crippen LogP) is 6.28. The van der Waals surface area contributed by atoms with Gasteiger partial charge in [0.25, 0.3) is 0 Å². The van der Waals surface area contributed by atoms with Gasteiger partial charge in [0.1, 0.15) is 18.7 Å². The van der Waals surface area contributed by atoms with E-state index in [9.17, 15) is 4.57 Å². The van der Waals surface area contributed by atoms with Gasteiger partial charge in [-0.1, -0.05) is 25.1 Å². The highest BCUT2D eigenvalue weighted by atomic mass is 79.9. The molecule has 0 spiro atoms. The van der Waals surface area contributed by atoms with Crippen molar-refractivity contribution < 1.29 is 9.30 Å². The van der Waals surface area contributed by atoms with Gasteiger partial charge < -0.3 is 30.2 Å². The summed E-state index contributed by atoms with van der Waals surface area (Å²) in [6, 6.07) is 10.9. The number of halogens is 1. The van der Waals surface area contributed by atoms with Crippen LogP contribution < -0.4 is 30.9 Å². The standard InChI is InChI=1S/C34H44BrN8O2P/c1-6-23-18-27(30(45-3)19-29(23)43-14-10-24(11-15-43)42-16-12-36-13-17-42)40-34-38-20-26(35)33(41-34)39-28-21-37-31-22(2)8-7-9-25(31)32(28)46(4,5)44/h7-9,18-21,24,36H,6,10-17H2,1-5H3,(H2,38,39,40,41). The van der Waals surface area contributed by atoms with Gasteiger partial charge in [0, 0.05) is 74.0 Å². The number of hydrogen-bond donors (Lipinski definition) is 3. The Morgan fingerprint density at radius 3 is 2.50 bits per heavy atom. The number of fused-ring (bicyclic) bond motifs is 1. The molecule has 2 saturated heterocycles. The third-order valence-electron chi connectivity index (χ3n) is 9.11. The summed E-state index contributed by atoms with van der Waals surface area (Å²) in [5, 5.41) is 11.9. The maximum absolute atomic E-state index is 13.6. The highest BCUT2D eigenvalue weighted by Crippen LogP contribution is 2.42. The lowest BCUT2D eigenvalue weighted by Gasteiger charge is -2.41. The Hall–Kier alpha value is -3.24. The number of methoxy groups -OCH3 is 1. The summed E-state index contributed by atoms with van der Waals surface area (Å²) >= 11 is 3.60. The van der Waals surface area contributed by atoms with Crippen LogP contribution in [-0.4, -0.2) is 85.6 Å². The molecular weight excluding hydrogens is 663 g/mol.